The van der Waals surface area contributed by atoms with Gasteiger partial charge in [-0.1, -0.05) is 78.5 Å². The maximum atomic E-state index is 14.2. The Kier molecular flexibility index (Phi) is 10.8. The van der Waals surface area contributed by atoms with Crippen LogP contribution in [0.1, 0.15) is 36.8 Å². The van der Waals surface area contributed by atoms with Crippen LogP contribution in [-0.2, 0) is 32.6 Å². The van der Waals surface area contributed by atoms with Gasteiger partial charge in [-0.15, -0.1) is 0 Å². The van der Waals surface area contributed by atoms with Crippen LogP contribution in [0.5, 0.6) is 5.75 Å². The Morgan fingerprint density at radius 2 is 1.71 bits per heavy atom. The van der Waals surface area contributed by atoms with E-state index in [2.05, 4.69) is 5.32 Å². The van der Waals surface area contributed by atoms with Crippen LogP contribution in [0, 0.1) is 0 Å². The highest BCUT2D eigenvalue weighted by Gasteiger charge is 2.34. The molecule has 0 aliphatic heterocycles. The first-order valence-corrected chi connectivity index (χ1v) is 16.3. The molecule has 3 aromatic carbocycles. The number of amides is 2. The van der Waals surface area contributed by atoms with E-state index in [9.17, 15) is 18.0 Å². The fourth-order valence-electron chi connectivity index (χ4n) is 5.13. The van der Waals surface area contributed by atoms with Crippen molar-refractivity contribution in [2.75, 3.05) is 24.2 Å². The molecule has 1 atom stereocenters. The van der Waals surface area contributed by atoms with E-state index in [-0.39, 0.29) is 30.6 Å². The van der Waals surface area contributed by atoms with Crippen molar-refractivity contribution in [1.82, 2.24) is 10.2 Å². The number of sulfonamides is 1. The van der Waals surface area contributed by atoms with Gasteiger partial charge in [-0.25, -0.2) is 8.42 Å². The van der Waals surface area contributed by atoms with E-state index in [1.54, 1.807) is 42.5 Å². The number of benzene rings is 3. The average Bonchev–Trinajstić information content (AvgIpc) is 3.47. The molecule has 0 saturated heterocycles. The number of nitrogens with zero attached hydrogens (tertiary/aromatic N) is 2. The van der Waals surface area contributed by atoms with Crippen molar-refractivity contribution in [2.45, 2.75) is 50.7 Å². The number of carbonyl (C=O) groups is 2. The first-order valence-electron chi connectivity index (χ1n) is 13.7. The van der Waals surface area contributed by atoms with E-state index in [1.807, 2.05) is 30.3 Å². The Bertz CT molecular complexity index is 1500. The number of hydrogen-bond acceptors (Lipinski definition) is 5. The van der Waals surface area contributed by atoms with Gasteiger partial charge in [0.2, 0.25) is 21.8 Å². The van der Waals surface area contributed by atoms with Crippen LogP contribution >= 0.6 is 23.2 Å². The molecule has 1 saturated carbocycles. The van der Waals surface area contributed by atoms with Gasteiger partial charge >= 0.3 is 0 Å². The zero-order valence-electron chi connectivity index (χ0n) is 23.6. The fraction of sp³-hybridized carbons (Fsp3) is 0.355. The van der Waals surface area contributed by atoms with E-state index < -0.39 is 28.5 Å². The standard InChI is InChI=1S/C31H35Cl2N3O5S/c1-41-27-14-8-13-26(19-27)36(42(2,39)40)21-30(37)35(20-23-15-16-24(32)18-28(23)33)29(17-22-9-4-3-5-10-22)31(38)34-25-11-6-7-12-25/h3-5,8-10,13-16,18-19,25,29H,6-7,11-12,17,20-21H2,1-2H3,(H,34,38)/t29-/m0/s1. The molecule has 3 aromatic rings. The molecule has 1 N–H and O–H groups in total. The summed E-state index contributed by atoms with van der Waals surface area (Å²) < 4.78 is 32.2. The highest BCUT2D eigenvalue weighted by molar-refractivity contribution is 7.92. The Balaban J connectivity index is 1.75. The zero-order chi connectivity index (χ0) is 30.3. The van der Waals surface area contributed by atoms with Crippen LogP contribution in [0.15, 0.2) is 72.8 Å². The van der Waals surface area contributed by atoms with Crippen molar-refractivity contribution in [1.29, 1.82) is 0 Å². The third-order valence-electron chi connectivity index (χ3n) is 7.35. The molecule has 0 bridgehead atoms. The molecule has 11 heteroatoms. The summed E-state index contributed by atoms with van der Waals surface area (Å²) in [6, 6.07) is 19.9. The molecule has 0 radical (unpaired) electrons. The van der Waals surface area contributed by atoms with Gasteiger partial charge in [0, 0.05) is 35.1 Å². The predicted octanol–water partition coefficient (Wildman–Crippen LogP) is 5.47. The summed E-state index contributed by atoms with van der Waals surface area (Å²) in [5, 5.41) is 3.91. The lowest BCUT2D eigenvalue weighted by Crippen LogP contribution is -2.54. The molecule has 1 aliphatic carbocycles. The first kappa shape index (κ1) is 31.7. The number of carbonyl (C=O) groups excluding carboxylic acids is 2. The molecule has 0 spiro atoms. The number of anilines is 1. The third-order valence-corrected chi connectivity index (χ3v) is 9.08. The van der Waals surface area contributed by atoms with E-state index in [0.29, 0.717) is 21.4 Å². The van der Waals surface area contributed by atoms with Crippen LogP contribution in [0.4, 0.5) is 5.69 Å². The molecular weight excluding hydrogens is 597 g/mol. The Hall–Kier alpha value is -3.27. The average molecular weight is 633 g/mol. The van der Waals surface area contributed by atoms with E-state index in [4.69, 9.17) is 27.9 Å². The van der Waals surface area contributed by atoms with Gasteiger partial charge in [0.1, 0.15) is 18.3 Å². The predicted molar refractivity (Wildman–Crippen MR) is 167 cm³/mol. The Morgan fingerprint density at radius 3 is 2.36 bits per heavy atom. The number of nitrogens with one attached hydrogen (secondary N) is 1. The van der Waals surface area contributed by atoms with Crippen molar-refractivity contribution in [2.24, 2.45) is 0 Å². The van der Waals surface area contributed by atoms with E-state index >= 15 is 0 Å². The normalized spacial score (nSPS) is 14.3. The van der Waals surface area contributed by atoms with Crippen LogP contribution in [0.25, 0.3) is 0 Å². The maximum Gasteiger partial charge on any atom is 0.244 e. The van der Waals surface area contributed by atoms with Crippen molar-refractivity contribution in [3.8, 4) is 5.75 Å². The molecule has 0 unspecified atom stereocenters. The highest BCUT2D eigenvalue weighted by Crippen LogP contribution is 2.27. The van der Waals surface area contributed by atoms with Crippen molar-refractivity contribution < 1.29 is 22.7 Å². The summed E-state index contributed by atoms with van der Waals surface area (Å²) in [5.74, 6) is -0.412. The summed E-state index contributed by atoms with van der Waals surface area (Å²) in [6.45, 7) is -0.556. The number of hydrogen-bond donors (Lipinski definition) is 1. The third kappa shape index (κ3) is 8.40. The molecule has 1 fully saturated rings. The van der Waals surface area contributed by atoms with Crippen LogP contribution in [0.2, 0.25) is 10.0 Å². The first-order chi connectivity index (χ1) is 20.0. The summed E-state index contributed by atoms with van der Waals surface area (Å²) in [6.07, 6.45) is 5.07. The van der Waals surface area contributed by atoms with Gasteiger partial charge in [-0.05, 0) is 48.2 Å². The summed E-state index contributed by atoms with van der Waals surface area (Å²) in [4.78, 5) is 29.6. The monoisotopic (exact) mass is 631 g/mol. The van der Waals surface area contributed by atoms with Crippen molar-refractivity contribution in [3.05, 3.63) is 94.0 Å². The summed E-state index contributed by atoms with van der Waals surface area (Å²) in [5.41, 5.74) is 1.70. The van der Waals surface area contributed by atoms with Crippen LogP contribution in [-0.4, -0.2) is 57.1 Å². The molecule has 224 valence electrons. The van der Waals surface area contributed by atoms with E-state index in [0.717, 1.165) is 41.8 Å². The van der Waals surface area contributed by atoms with Crippen LogP contribution < -0.4 is 14.4 Å². The fourth-order valence-corrected chi connectivity index (χ4v) is 6.44. The number of methoxy groups -OCH3 is 1. The Labute approximate surface area is 257 Å². The van der Waals surface area contributed by atoms with Gasteiger partial charge < -0.3 is 15.0 Å². The zero-order valence-corrected chi connectivity index (χ0v) is 26.0. The van der Waals surface area contributed by atoms with Gasteiger partial charge in [0.15, 0.2) is 0 Å². The molecule has 8 nitrogen and oxygen atoms in total. The SMILES string of the molecule is COc1cccc(N(CC(=O)N(Cc2ccc(Cl)cc2Cl)[C@@H](Cc2ccccc2)C(=O)NC2CCCC2)S(C)(=O)=O)c1. The lowest BCUT2D eigenvalue weighted by Gasteiger charge is -2.34. The largest absolute Gasteiger partial charge is 0.497 e. The minimum absolute atomic E-state index is 0.0242. The smallest absolute Gasteiger partial charge is 0.244 e. The molecular formula is C31H35Cl2N3O5S. The summed E-state index contributed by atoms with van der Waals surface area (Å²) in [7, 11) is -2.42. The molecule has 0 heterocycles. The highest BCUT2D eigenvalue weighted by atomic mass is 35.5. The topological polar surface area (TPSA) is 96.0 Å². The second-order valence-electron chi connectivity index (χ2n) is 10.4. The van der Waals surface area contributed by atoms with Gasteiger partial charge in [0.25, 0.3) is 0 Å². The lowest BCUT2D eigenvalue weighted by atomic mass is 10.0. The van der Waals surface area contributed by atoms with Crippen LogP contribution in [0.3, 0.4) is 0 Å². The number of halogens is 2. The second kappa shape index (κ2) is 14.3. The second-order valence-corrected chi connectivity index (χ2v) is 13.2. The quantitative estimate of drug-likeness (QED) is 0.286. The van der Waals surface area contributed by atoms with Gasteiger partial charge in [-0.2, -0.15) is 0 Å². The summed E-state index contributed by atoms with van der Waals surface area (Å²) >= 11 is 12.7. The van der Waals surface area contributed by atoms with Gasteiger partial charge in [-0.3, -0.25) is 13.9 Å². The maximum absolute atomic E-state index is 14.2. The minimum Gasteiger partial charge on any atom is -0.497 e. The van der Waals surface area contributed by atoms with Crippen molar-refractivity contribution in [3.63, 3.8) is 0 Å². The number of ether oxygens (including phenoxy) is 1. The molecule has 0 aromatic heterocycles. The molecule has 42 heavy (non-hydrogen) atoms. The molecule has 1 aliphatic rings. The van der Waals surface area contributed by atoms with Crippen molar-refractivity contribution >= 4 is 50.7 Å². The molecule has 2 amide bonds. The van der Waals surface area contributed by atoms with E-state index in [1.165, 1.54) is 12.0 Å². The molecule has 4 rings (SSSR count). The number of rotatable bonds is 12. The lowest BCUT2D eigenvalue weighted by molar-refractivity contribution is -0.140. The minimum atomic E-state index is -3.90. The van der Waals surface area contributed by atoms with Gasteiger partial charge in [0.05, 0.1) is 19.1 Å². The Morgan fingerprint density at radius 1 is 1.00 bits per heavy atom.